The summed E-state index contributed by atoms with van der Waals surface area (Å²) in [7, 11) is -6.66. The predicted octanol–water partition coefficient (Wildman–Crippen LogP) is 0.0896. The van der Waals surface area contributed by atoms with Crippen LogP contribution in [0.3, 0.4) is 0 Å². The monoisotopic (exact) mass is 362 g/mol. The maximum atomic E-state index is 11.1. The first-order valence-electron chi connectivity index (χ1n) is 7.11. The van der Waals surface area contributed by atoms with E-state index in [0.717, 1.165) is 25.8 Å². The van der Waals surface area contributed by atoms with Crippen molar-refractivity contribution in [2.24, 2.45) is 0 Å². The minimum Gasteiger partial charge on any atom is -0.368 e. The molecule has 134 valence electrons. The summed E-state index contributed by atoms with van der Waals surface area (Å²) in [5.74, 6) is 0. The van der Waals surface area contributed by atoms with E-state index in [2.05, 4.69) is 10.2 Å². The number of hydrogen-bond acceptors (Lipinski definition) is 5. The molecule has 0 aromatic heterocycles. The second-order valence-corrected chi connectivity index (χ2v) is 9.59. The number of rotatable bonds is 12. The summed E-state index contributed by atoms with van der Waals surface area (Å²) in [4.78, 5) is 37.9. The van der Waals surface area contributed by atoms with E-state index in [1.165, 1.54) is 0 Å². The Kier molecular flexibility index (Phi) is 9.55. The molecule has 0 radical (unpaired) electrons. The van der Waals surface area contributed by atoms with Gasteiger partial charge in [0.05, 0.1) is 0 Å². The standard InChI is InChI=1S/C11H28N2O7P2/c1-13(2)10-5-3-4-8-12-9-6-7-11(14,21(15,16)17)22(18,19)20/h12,14H,3-10H2,1-2H3,(H2,15,16,17)(H2,18,19,20). The van der Waals surface area contributed by atoms with Crippen molar-refractivity contribution in [3.63, 3.8) is 0 Å². The van der Waals surface area contributed by atoms with E-state index in [-0.39, 0.29) is 6.42 Å². The third-order valence-corrected chi connectivity index (χ3v) is 7.13. The molecule has 0 amide bonds. The smallest absolute Gasteiger partial charge is 0.368 e. The zero-order valence-electron chi connectivity index (χ0n) is 13.1. The molecule has 0 spiro atoms. The molecule has 0 bridgehead atoms. The molecule has 0 fully saturated rings. The Morgan fingerprint density at radius 3 is 1.86 bits per heavy atom. The molecule has 0 saturated heterocycles. The van der Waals surface area contributed by atoms with Crippen LogP contribution in [0, 0.1) is 0 Å². The van der Waals surface area contributed by atoms with Gasteiger partial charge in [-0.3, -0.25) is 9.13 Å². The van der Waals surface area contributed by atoms with E-state index < -0.39 is 26.7 Å². The van der Waals surface area contributed by atoms with Crippen LogP contribution in [-0.4, -0.2) is 68.4 Å². The van der Waals surface area contributed by atoms with Gasteiger partial charge in [-0.25, -0.2) is 0 Å². The van der Waals surface area contributed by atoms with Crippen molar-refractivity contribution in [1.29, 1.82) is 0 Å². The first-order chi connectivity index (χ1) is 9.92. The quantitative estimate of drug-likeness (QED) is 0.210. The number of nitrogens with zero attached hydrogens (tertiary/aromatic N) is 1. The highest BCUT2D eigenvalue weighted by atomic mass is 31.2. The fourth-order valence-corrected chi connectivity index (χ4v) is 4.15. The Balaban J connectivity index is 3.99. The second kappa shape index (κ2) is 9.47. The molecule has 0 aliphatic carbocycles. The Labute approximate surface area is 131 Å². The molecule has 0 rings (SSSR count). The normalized spacial score (nSPS) is 13.8. The summed E-state index contributed by atoms with van der Waals surface area (Å²) in [5.41, 5.74) is 0. The van der Waals surface area contributed by atoms with Crippen molar-refractivity contribution in [3.05, 3.63) is 0 Å². The van der Waals surface area contributed by atoms with Crippen molar-refractivity contribution < 1.29 is 33.8 Å². The molecule has 0 unspecified atom stereocenters. The van der Waals surface area contributed by atoms with Crippen LogP contribution in [0.15, 0.2) is 0 Å². The number of aliphatic hydroxyl groups is 1. The fraction of sp³-hybridized carbons (Fsp3) is 1.00. The van der Waals surface area contributed by atoms with Crippen LogP contribution in [0.25, 0.3) is 0 Å². The van der Waals surface area contributed by atoms with E-state index in [9.17, 15) is 14.2 Å². The zero-order chi connectivity index (χ0) is 17.4. The van der Waals surface area contributed by atoms with Crippen LogP contribution >= 0.6 is 15.2 Å². The van der Waals surface area contributed by atoms with Gasteiger partial charge in [0.2, 0.25) is 0 Å². The average Bonchev–Trinajstić information content (AvgIpc) is 2.33. The lowest BCUT2D eigenvalue weighted by molar-refractivity contribution is 0.121. The SMILES string of the molecule is CN(C)CCCCCNCCCC(O)(P(=O)(O)O)P(=O)(O)O. The molecule has 9 nitrogen and oxygen atoms in total. The summed E-state index contributed by atoms with van der Waals surface area (Å²) in [5, 5.41) is 9.37. The summed E-state index contributed by atoms with van der Waals surface area (Å²) in [6.45, 7) is 2.03. The highest BCUT2D eigenvalue weighted by molar-refractivity contribution is 7.72. The van der Waals surface area contributed by atoms with Crippen LogP contribution in [0.5, 0.6) is 0 Å². The Morgan fingerprint density at radius 1 is 0.909 bits per heavy atom. The van der Waals surface area contributed by atoms with Crippen molar-refractivity contribution in [2.45, 2.75) is 37.2 Å². The van der Waals surface area contributed by atoms with Crippen molar-refractivity contribution >= 4 is 15.2 Å². The van der Waals surface area contributed by atoms with Crippen LogP contribution in [-0.2, 0) is 9.13 Å². The first kappa shape index (κ1) is 22.2. The maximum Gasteiger partial charge on any atom is 0.369 e. The number of unbranched alkanes of at least 4 members (excludes halogenated alkanes) is 2. The fourth-order valence-electron chi connectivity index (χ4n) is 1.89. The molecular weight excluding hydrogens is 334 g/mol. The predicted molar refractivity (Wildman–Crippen MR) is 83.5 cm³/mol. The van der Waals surface area contributed by atoms with Gasteiger partial charge in [-0.05, 0) is 53.0 Å². The van der Waals surface area contributed by atoms with E-state index in [0.29, 0.717) is 13.1 Å². The molecule has 0 aliphatic rings. The number of hydrogen-bond donors (Lipinski definition) is 6. The summed E-state index contributed by atoms with van der Waals surface area (Å²) in [6, 6.07) is 0. The van der Waals surface area contributed by atoms with Gasteiger partial charge in [0.15, 0.2) is 0 Å². The third kappa shape index (κ3) is 7.64. The van der Waals surface area contributed by atoms with Crippen LogP contribution in [0.1, 0.15) is 32.1 Å². The molecular formula is C11H28N2O7P2. The van der Waals surface area contributed by atoms with Crippen molar-refractivity contribution in [3.8, 4) is 0 Å². The largest absolute Gasteiger partial charge is 0.369 e. The van der Waals surface area contributed by atoms with Crippen LogP contribution in [0.2, 0.25) is 0 Å². The van der Waals surface area contributed by atoms with E-state index >= 15 is 0 Å². The summed E-state index contributed by atoms with van der Waals surface area (Å²) >= 11 is 0. The van der Waals surface area contributed by atoms with Crippen molar-refractivity contribution in [1.82, 2.24) is 10.2 Å². The molecule has 0 saturated carbocycles. The Hall–Kier alpha value is 0.180. The van der Waals surface area contributed by atoms with Gasteiger partial charge in [0.25, 0.3) is 5.08 Å². The molecule has 0 aliphatic heterocycles. The van der Waals surface area contributed by atoms with Gasteiger partial charge in [-0.1, -0.05) is 6.42 Å². The van der Waals surface area contributed by atoms with E-state index in [1.54, 1.807) is 0 Å². The van der Waals surface area contributed by atoms with E-state index in [1.807, 2.05) is 14.1 Å². The zero-order valence-corrected chi connectivity index (χ0v) is 14.8. The highest BCUT2D eigenvalue weighted by Gasteiger charge is 2.58. The molecule has 0 atom stereocenters. The van der Waals surface area contributed by atoms with Gasteiger partial charge >= 0.3 is 15.2 Å². The Morgan fingerprint density at radius 2 is 1.41 bits per heavy atom. The van der Waals surface area contributed by atoms with Gasteiger partial charge < -0.3 is 34.9 Å². The second-order valence-electron chi connectivity index (χ2n) is 5.58. The maximum absolute atomic E-state index is 11.1. The minimum absolute atomic E-state index is 0.0460. The molecule has 0 aromatic carbocycles. The van der Waals surface area contributed by atoms with Gasteiger partial charge in [0, 0.05) is 6.42 Å². The summed E-state index contributed by atoms with van der Waals surface area (Å²) in [6.07, 6.45) is 2.43. The Bertz CT molecular complexity index is 385. The highest BCUT2D eigenvalue weighted by Crippen LogP contribution is 2.69. The lowest BCUT2D eigenvalue weighted by atomic mass is 10.2. The molecule has 11 heteroatoms. The topological polar surface area (TPSA) is 151 Å². The third-order valence-electron chi connectivity index (χ3n) is 3.26. The van der Waals surface area contributed by atoms with Crippen molar-refractivity contribution in [2.75, 3.05) is 33.7 Å². The molecule has 22 heavy (non-hydrogen) atoms. The average molecular weight is 362 g/mol. The number of nitrogens with one attached hydrogen (secondary N) is 1. The first-order valence-corrected chi connectivity index (χ1v) is 10.3. The summed E-state index contributed by atoms with van der Waals surface area (Å²) < 4.78 is 22.2. The van der Waals surface area contributed by atoms with Gasteiger partial charge in [0.1, 0.15) is 0 Å². The van der Waals surface area contributed by atoms with Gasteiger partial charge in [-0.15, -0.1) is 0 Å². The van der Waals surface area contributed by atoms with E-state index in [4.69, 9.17) is 19.6 Å². The molecule has 6 N–H and O–H groups in total. The lowest BCUT2D eigenvalue weighted by Crippen LogP contribution is -2.30. The minimum atomic E-state index is -5.33. The lowest BCUT2D eigenvalue weighted by Gasteiger charge is -2.29. The van der Waals surface area contributed by atoms with Crippen LogP contribution < -0.4 is 5.32 Å². The van der Waals surface area contributed by atoms with Crippen LogP contribution in [0.4, 0.5) is 0 Å². The molecule has 0 aromatic rings. The van der Waals surface area contributed by atoms with Gasteiger partial charge in [-0.2, -0.15) is 0 Å². The molecule has 0 heterocycles.